The van der Waals surface area contributed by atoms with Crippen LogP contribution in [0.2, 0.25) is 0 Å². The summed E-state index contributed by atoms with van der Waals surface area (Å²) in [6, 6.07) is 21.1. The number of hydrogen-bond donors (Lipinski definition) is 2. The number of carbonyl (C=O) groups is 2. The van der Waals surface area contributed by atoms with Crippen molar-refractivity contribution in [3.8, 4) is 11.5 Å². The van der Waals surface area contributed by atoms with Gasteiger partial charge in [0.15, 0.2) is 0 Å². The van der Waals surface area contributed by atoms with Crippen molar-refractivity contribution < 1.29 is 19.1 Å². The summed E-state index contributed by atoms with van der Waals surface area (Å²) in [5, 5.41) is 5.67. The molecule has 3 aromatic rings. The van der Waals surface area contributed by atoms with Gasteiger partial charge in [-0.2, -0.15) is 0 Å². The number of rotatable bonds is 7. The highest BCUT2D eigenvalue weighted by atomic mass is 16.5. The van der Waals surface area contributed by atoms with Crippen LogP contribution in [0.15, 0.2) is 72.8 Å². The Morgan fingerprint density at radius 3 is 2.00 bits per heavy atom. The van der Waals surface area contributed by atoms with E-state index in [9.17, 15) is 9.59 Å². The first-order chi connectivity index (χ1) is 14.1. The van der Waals surface area contributed by atoms with Crippen molar-refractivity contribution in [3.05, 3.63) is 89.5 Å². The van der Waals surface area contributed by atoms with Gasteiger partial charge in [-0.3, -0.25) is 9.59 Å². The Bertz CT molecular complexity index is 983. The molecule has 3 aromatic carbocycles. The van der Waals surface area contributed by atoms with Gasteiger partial charge >= 0.3 is 0 Å². The summed E-state index contributed by atoms with van der Waals surface area (Å²) >= 11 is 0. The van der Waals surface area contributed by atoms with Crippen LogP contribution in [0.1, 0.15) is 26.3 Å². The van der Waals surface area contributed by atoms with Gasteiger partial charge < -0.3 is 20.1 Å². The minimum absolute atomic E-state index is 0.208. The third-order valence-corrected chi connectivity index (χ3v) is 4.35. The summed E-state index contributed by atoms with van der Waals surface area (Å²) in [5.74, 6) is 0.957. The van der Waals surface area contributed by atoms with Crippen molar-refractivity contribution >= 4 is 17.5 Å². The van der Waals surface area contributed by atoms with Crippen molar-refractivity contribution in [2.45, 2.75) is 6.54 Å². The fourth-order valence-electron chi connectivity index (χ4n) is 2.70. The molecule has 3 rings (SSSR count). The Labute approximate surface area is 169 Å². The van der Waals surface area contributed by atoms with Gasteiger partial charge in [-0.1, -0.05) is 18.2 Å². The summed E-state index contributed by atoms with van der Waals surface area (Å²) in [7, 11) is 3.18. The Balaban J connectivity index is 1.58. The zero-order chi connectivity index (χ0) is 20.6. The largest absolute Gasteiger partial charge is 0.497 e. The standard InChI is InChI=1S/C23H22N2O4/c1-28-20-12-6-16(7-13-20)15-24-22(26)17-8-10-18(11-9-17)23(27)25-19-4-3-5-21(14-19)29-2/h3-14H,15H2,1-2H3,(H,24,26)(H,25,27). The van der Waals surface area contributed by atoms with E-state index in [1.165, 1.54) is 0 Å². The maximum absolute atomic E-state index is 12.4. The molecule has 2 N–H and O–H groups in total. The first kappa shape index (κ1) is 19.9. The number of amides is 2. The van der Waals surface area contributed by atoms with E-state index in [0.29, 0.717) is 29.1 Å². The molecule has 148 valence electrons. The molecular formula is C23H22N2O4. The molecular weight excluding hydrogens is 368 g/mol. The number of ether oxygens (including phenoxy) is 2. The number of methoxy groups -OCH3 is 2. The Morgan fingerprint density at radius 1 is 0.759 bits per heavy atom. The van der Waals surface area contributed by atoms with E-state index in [-0.39, 0.29) is 11.8 Å². The minimum atomic E-state index is -0.261. The molecule has 6 heteroatoms. The van der Waals surface area contributed by atoms with Crippen LogP contribution in [0.3, 0.4) is 0 Å². The van der Waals surface area contributed by atoms with Gasteiger partial charge in [-0.25, -0.2) is 0 Å². The van der Waals surface area contributed by atoms with Gasteiger partial charge in [-0.05, 0) is 54.1 Å². The first-order valence-electron chi connectivity index (χ1n) is 9.05. The monoisotopic (exact) mass is 390 g/mol. The predicted molar refractivity (Wildman–Crippen MR) is 112 cm³/mol. The lowest BCUT2D eigenvalue weighted by Crippen LogP contribution is -2.23. The maximum Gasteiger partial charge on any atom is 0.255 e. The van der Waals surface area contributed by atoms with Crippen LogP contribution in [-0.2, 0) is 6.54 Å². The highest BCUT2D eigenvalue weighted by molar-refractivity contribution is 6.05. The summed E-state index contributed by atoms with van der Waals surface area (Å²) in [4.78, 5) is 24.7. The third kappa shape index (κ3) is 5.35. The van der Waals surface area contributed by atoms with Crippen molar-refractivity contribution in [1.29, 1.82) is 0 Å². The van der Waals surface area contributed by atoms with E-state index in [1.54, 1.807) is 62.8 Å². The second-order valence-corrected chi connectivity index (χ2v) is 6.29. The van der Waals surface area contributed by atoms with Crippen LogP contribution in [0.4, 0.5) is 5.69 Å². The van der Waals surface area contributed by atoms with Crippen LogP contribution in [0.5, 0.6) is 11.5 Å². The second-order valence-electron chi connectivity index (χ2n) is 6.29. The Hall–Kier alpha value is -3.80. The van der Waals surface area contributed by atoms with E-state index in [0.717, 1.165) is 11.3 Å². The molecule has 2 amide bonds. The van der Waals surface area contributed by atoms with Crippen LogP contribution < -0.4 is 20.1 Å². The number of carbonyl (C=O) groups excluding carboxylic acids is 2. The highest BCUT2D eigenvalue weighted by Gasteiger charge is 2.10. The van der Waals surface area contributed by atoms with Gasteiger partial charge in [0.25, 0.3) is 11.8 Å². The molecule has 0 aliphatic carbocycles. The number of anilines is 1. The van der Waals surface area contributed by atoms with Crippen molar-refractivity contribution in [3.63, 3.8) is 0 Å². The van der Waals surface area contributed by atoms with Crippen LogP contribution in [-0.4, -0.2) is 26.0 Å². The number of nitrogens with one attached hydrogen (secondary N) is 2. The van der Waals surface area contributed by atoms with E-state index < -0.39 is 0 Å². The number of hydrogen-bond acceptors (Lipinski definition) is 4. The average Bonchev–Trinajstić information content (AvgIpc) is 2.78. The molecule has 0 heterocycles. The summed E-state index contributed by atoms with van der Waals surface area (Å²) in [5.41, 5.74) is 2.54. The molecule has 0 radical (unpaired) electrons. The lowest BCUT2D eigenvalue weighted by atomic mass is 10.1. The molecule has 0 unspecified atom stereocenters. The highest BCUT2D eigenvalue weighted by Crippen LogP contribution is 2.18. The molecule has 0 spiro atoms. The van der Waals surface area contributed by atoms with Crippen molar-refractivity contribution in [2.24, 2.45) is 0 Å². The van der Waals surface area contributed by atoms with Crippen LogP contribution >= 0.6 is 0 Å². The summed E-state index contributed by atoms with van der Waals surface area (Å²) in [6.07, 6.45) is 0. The molecule has 0 aliphatic heterocycles. The van der Waals surface area contributed by atoms with E-state index in [2.05, 4.69) is 10.6 Å². The molecule has 0 saturated carbocycles. The van der Waals surface area contributed by atoms with E-state index in [1.807, 2.05) is 24.3 Å². The van der Waals surface area contributed by atoms with Gasteiger partial charge in [0.1, 0.15) is 11.5 Å². The predicted octanol–water partition coefficient (Wildman–Crippen LogP) is 3.89. The lowest BCUT2D eigenvalue weighted by Gasteiger charge is -2.09. The van der Waals surface area contributed by atoms with Gasteiger partial charge in [0.05, 0.1) is 14.2 Å². The molecule has 0 bridgehead atoms. The molecule has 6 nitrogen and oxygen atoms in total. The fourth-order valence-corrected chi connectivity index (χ4v) is 2.70. The minimum Gasteiger partial charge on any atom is -0.497 e. The zero-order valence-corrected chi connectivity index (χ0v) is 16.3. The maximum atomic E-state index is 12.4. The van der Waals surface area contributed by atoms with E-state index in [4.69, 9.17) is 9.47 Å². The molecule has 0 saturated heterocycles. The third-order valence-electron chi connectivity index (χ3n) is 4.35. The van der Waals surface area contributed by atoms with Crippen LogP contribution in [0.25, 0.3) is 0 Å². The van der Waals surface area contributed by atoms with Gasteiger partial charge in [0.2, 0.25) is 0 Å². The Morgan fingerprint density at radius 2 is 1.38 bits per heavy atom. The van der Waals surface area contributed by atoms with Crippen molar-refractivity contribution in [1.82, 2.24) is 5.32 Å². The average molecular weight is 390 g/mol. The quantitative estimate of drug-likeness (QED) is 0.642. The zero-order valence-electron chi connectivity index (χ0n) is 16.3. The SMILES string of the molecule is COc1ccc(CNC(=O)c2ccc(C(=O)Nc3cccc(OC)c3)cc2)cc1. The molecule has 29 heavy (non-hydrogen) atoms. The molecule has 0 atom stereocenters. The topological polar surface area (TPSA) is 76.7 Å². The fraction of sp³-hybridized carbons (Fsp3) is 0.130. The summed E-state index contributed by atoms with van der Waals surface area (Å²) in [6.45, 7) is 0.404. The molecule has 0 aromatic heterocycles. The normalized spacial score (nSPS) is 10.1. The molecule has 0 fully saturated rings. The first-order valence-corrected chi connectivity index (χ1v) is 9.05. The molecule has 0 aliphatic rings. The lowest BCUT2D eigenvalue weighted by molar-refractivity contribution is 0.0949. The van der Waals surface area contributed by atoms with Gasteiger partial charge in [-0.15, -0.1) is 0 Å². The number of benzene rings is 3. The second kappa shape index (κ2) is 9.41. The van der Waals surface area contributed by atoms with Crippen molar-refractivity contribution in [2.75, 3.05) is 19.5 Å². The Kier molecular flexibility index (Phi) is 6.47. The smallest absolute Gasteiger partial charge is 0.255 e. The van der Waals surface area contributed by atoms with Gasteiger partial charge in [0, 0.05) is 29.4 Å². The van der Waals surface area contributed by atoms with E-state index >= 15 is 0 Å². The summed E-state index contributed by atoms with van der Waals surface area (Å²) < 4.78 is 10.3. The van der Waals surface area contributed by atoms with Crippen LogP contribution in [0, 0.1) is 0 Å².